The van der Waals surface area contributed by atoms with Crippen molar-refractivity contribution in [2.45, 2.75) is 36.7 Å². The van der Waals surface area contributed by atoms with Crippen LogP contribution in [0.15, 0.2) is 81.3 Å². The number of carbonyl (C=O) groups excluding carboxylic acids is 1. The van der Waals surface area contributed by atoms with Crippen molar-refractivity contribution < 1.29 is 17.6 Å². The molecular formula is C24H22FN3O4S. The number of amides is 1. The Morgan fingerprint density at radius 3 is 2.09 bits per heavy atom. The second-order valence-corrected chi connectivity index (χ2v) is 9.28. The highest BCUT2D eigenvalue weighted by Crippen LogP contribution is 2.32. The third-order valence-electron chi connectivity index (χ3n) is 5.46. The van der Waals surface area contributed by atoms with Crippen molar-refractivity contribution >= 4 is 32.5 Å². The molecule has 0 atom stereocenters. The lowest BCUT2D eigenvalue weighted by atomic mass is 10.2. The van der Waals surface area contributed by atoms with E-state index >= 15 is 0 Å². The van der Waals surface area contributed by atoms with Gasteiger partial charge >= 0.3 is 5.69 Å². The van der Waals surface area contributed by atoms with Crippen molar-refractivity contribution in [2.24, 2.45) is 0 Å². The molecule has 4 aromatic rings. The molecule has 0 aliphatic carbocycles. The lowest BCUT2D eigenvalue weighted by Gasteiger charge is -2.14. The summed E-state index contributed by atoms with van der Waals surface area (Å²) in [6, 6.07) is 16.1. The van der Waals surface area contributed by atoms with Gasteiger partial charge in [-0.05, 0) is 50.2 Å². The Kier molecular flexibility index (Phi) is 5.90. The highest BCUT2D eigenvalue weighted by molar-refractivity contribution is 7.91. The molecule has 4 rings (SSSR count). The molecule has 33 heavy (non-hydrogen) atoms. The van der Waals surface area contributed by atoms with Gasteiger partial charge in [0.1, 0.15) is 5.82 Å². The molecule has 170 valence electrons. The van der Waals surface area contributed by atoms with Crippen molar-refractivity contribution in [1.29, 1.82) is 0 Å². The number of nitrogens with zero attached hydrogens (tertiary/aromatic N) is 2. The number of imidazole rings is 1. The van der Waals surface area contributed by atoms with E-state index in [0.29, 0.717) is 24.1 Å². The van der Waals surface area contributed by atoms with Crippen LogP contribution in [0, 0.1) is 5.82 Å². The Morgan fingerprint density at radius 1 is 0.909 bits per heavy atom. The van der Waals surface area contributed by atoms with E-state index in [1.165, 1.54) is 51.6 Å². The van der Waals surface area contributed by atoms with Gasteiger partial charge in [-0.15, -0.1) is 0 Å². The van der Waals surface area contributed by atoms with Crippen LogP contribution in [-0.4, -0.2) is 23.5 Å². The van der Waals surface area contributed by atoms with Gasteiger partial charge in [0, 0.05) is 13.1 Å². The van der Waals surface area contributed by atoms with Crippen LogP contribution in [0.25, 0.3) is 11.0 Å². The Bertz CT molecular complexity index is 1520. The van der Waals surface area contributed by atoms with E-state index in [1.54, 1.807) is 32.0 Å². The number of halogens is 1. The monoisotopic (exact) mass is 467 g/mol. The average Bonchev–Trinajstić information content (AvgIpc) is 3.08. The van der Waals surface area contributed by atoms with Crippen LogP contribution < -0.4 is 11.0 Å². The first-order chi connectivity index (χ1) is 15.8. The molecule has 7 nitrogen and oxygen atoms in total. The number of anilines is 1. The van der Waals surface area contributed by atoms with Crippen LogP contribution >= 0.6 is 0 Å². The minimum absolute atomic E-state index is 0.0324. The standard InChI is InChI=1S/C24H22FN3O4S/c1-3-27-20-14-19(26-23(29)17-12-8-9-13-18(17)25)22(15-21(20)28(4-2)24(27)30)33(31,32)16-10-6-5-7-11-16/h5-15H,3-4H2,1-2H3,(H,26,29). The Balaban J connectivity index is 1.99. The molecule has 0 radical (unpaired) electrons. The predicted octanol–water partition coefficient (Wildman–Crippen LogP) is 4.07. The first-order valence-corrected chi connectivity index (χ1v) is 11.9. The van der Waals surface area contributed by atoms with Gasteiger partial charge in [0.25, 0.3) is 5.91 Å². The summed E-state index contributed by atoms with van der Waals surface area (Å²) in [6.07, 6.45) is 0. The maximum Gasteiger partial charge on any atom is 0.329 e. The summed E-state index contributed by atoms with van der Waals surface area (Å²) < 4.78 is 44.2. The quantitative estimate of drug-likeness (QED) is 0.463. The molecule has 0 spiro atoms. The molecule has 0 saturated carbocycles. The second kappa shape index (κ2) is 8.67. The topological polar surface area (TPSA) is 90.2 Å². The number of hydrogen-bond acceptors (Lipinski definition) is 4. The van der Waals surface area contributed by atoms with Crippen LogP contribution in [0.4, 0.5) is 10.1 Å². The van der Waals surface area contributed by atoms with Crippen LogP contribution in [0.2, 0.25) is 0 Å². The molecule has 9 heteroatoms. The summed E-state index contributed by atoms with van der Waals surface area (Å²) in [5.74, 6) is -1.52. The lowest BCUT2D eigenvalue weighted by molar-refractivity contribution is 0.102. The maximum atomic E-state index is 14.2. The third kappa shape index (κ3) is 3.84. The SMILES string of the molecule is CCn1c(=O)n(CC)c2cc(S(=O)(=O)c3ccccc3)c(NC(=O)c3ccccc3F)cc21. The molecular weight excluding hydrogens is 445 g/mol. The Hall–Kier alpha value is -3.72. The molecule has 3 aromatic carbocycles. The number of fused-ring (bicyclic) bond motifs is 1. The molecule has 0 bridgehead atoms. The predicted molar refractivity (Wildman–Crippen MR) is 124 cm³/mol. The number of hydrogen-bond donors (Lipinski definition) is 1. The summed E-state index contributed by atoms with van der Waals surface area (Å²) >= 11 is 0. The molecule has 1 N–H and O–H groups in total. The maximum absolute atomic E-state index is 14.2. The summed E-state index contributed by atoms with van der Waals surface area (Å²) in [5, 5.41) is 2.55. The Labute approximate surface area is 190 Å². The number of rotatable bonds is 6. The van der Waals surface area contributed by atoms with E-state index in [1.807, 2.05) is 0 Å². The van der Waals surface area contributed by atoms with Crippen molar-refractivity contribution in [3.8, 4) is 0 Å². The largest absolute Gasteiger partial charge is 0.329 e. The smallest absolute Gasteiger partial charge is 0.321 e. The molecule has 0 fully saturated rings. The minimum atomic E-state index is -4.07. The zero-order valence-electron chi connectivity index (χ0n) is 18.1. The van der Waals surface area contributed by atoms with Crippen LogP contribution in [0.3, 0.4) is 0 Å². The Morgan fingerprint density at radius 2 is 1.48 bits per heavy atom. The first kappa shape index (κ1) is 22.5. The van der Waals surface area contributed by atoms with Crippen molar-refractivity contribution in [3.05, 3.63) is 88.6 Å². The normalized spacial score (nSPS) is 11.6. The number of sulfone groups is 1. The number of nitrogens with one attached hydrogen (secondary N) is 1. The van der Waals surface area contributed by atoms with E-state index in [2.05, 4.69) is 5.32 Å². The number of carbonyl (C=O) groups is 1. The summed E-state index contributed by atoms with van der Waals surface area (Å²) in [5.41, 5.74) is 0.369. The third-order valence-corrected chi connectivity index (χ3v) is 7.27. The molecule has 0 unspecified atom stereocenters. The molecule has 0 saturated heterocycles. The van der Waals surface area contributed by atoms with Gasteiger partial charge in [-0.3, -0.25) is 13.9 Å². The fraction of sp³-hybridized carbons (Fsp3) is 0.167. The fourth-order valence-electron chi connectivity index (χ4n) is 3.83. The minimum Gasteiger partial charge on any atom is -0.321 e. The van der Waals surface area contributed by atoms with Gasteiger partial charge in [-0.2, -0.15) is 0 Å². The van der Waals surface area contributed by atoms with Gasteiger partial charge in [0.15, 0.2) is 0 Å². The molecule has 1 aromatic heterocycles. The van der Waals surface area contributed by atoms with Crippen LogP contribution in [0.5, 0.6) is 0 Å². The van der Waals surface area contributed by atoms with Crippen molar-refractivity contribution in [1.82, 2.24) is 9.13 Å². The fourth-order valence-corrected chi connectivity index (χ4v) is 5.27. The van der Waals surface area contributed by atoms with E-state index in [4.69, 9.17) is 0 Å². The second-order valence-electron chi connectivity index (χ2n) is 7.36. The van der Waals surface area contributed by atoms with Crippen LogP contribution in [0.1, 0.15) is 24.2 Å². The lowest BCUT2D eigenvalue weighted by Crippen LogP contribution is -2.23. The molecule has 0 aliphatic rings. The van der Waals surface area contributed by atoms with E-state index in [0.717, 1.165) is 6.07 Å². The van der Waals surface area contributed by atoms with Gasteiger partial charge < -0.3 is 5.32 Å². The highest BCUT2D eigenvalue weighted by atomic mass is 32.2. The molecule has 1 heterocycles. The van der Waals surface area contributed by atoms with Gasteiger partial charge in [-0.1, -0.05) is 30.3 Å². The van der Waals surface area contributed by atoms with Gasteiger partial charge in [0.05, 0.1) is 32.1 Å². The van der Waals surface area contributed by atoms with Crippen molar-refractivity contribution in [2.75, 3.05) is 5.32 Å². The highest BCUT2D eigenvalue weighted by Gasteiger charge is 2.26. The summed E-state index contributed by atoms with van der Waals surface area (Å²) in [4.78, 5) is 25.5. The van der Waals surface area contributed by atoms with Crippen molar-refractivity contribution in [3.63, 3.8) is 0 Å². The summed E-state index contributed by atoms with van der Waals surface area (Å²) in [7, 11) is -4.07. The van der Waals surface area contributed by atoms with E-state index < -0.39 is 21.6 Å². The van der Waals surface area contributed by atoms with E-state index in [-0.39, 0.29) is 26.7 Å². The summed E-state index contributed by atoms with van der Waals surface area (Å²) in [6.45, 7) is 4.29. The number of aryl methyl sites for hydroxylation is 2. The van der Waals surface area contributed by atoms with Gasteiger partial charge in [0.2, 0.25) is 9.84 Å². The average molecular weight is 468 g/mol. The zero-order chi connectivity index (χ0) is 23.8. The molecule has 1 amide bonds. The first-order valence-electron chi connectivity index (χ1n) is 10.4. The number of aromatic nitrogens is 2. The zero-order valence-corrected chi connectivity index (χ0v) is 18.9. The van der Waals surface area contributed by atoms with Crippen LogP contribution in [-0.2, 0) is 22.9 Å². The molecule has 0 aliphatic heterocycles. The number of benzene rings is 3. The van der Waals surface area contributed by atoms with Gasteiger partial charge in [-0.25, -0.2) is 17.6 Å². The van der Waals surface area contributed by atoms with E-state index in [9.17, 15) is 22.4 Å².